The second-order valence-electron chi connectivity index (χ2n) is 5.38. The molecule has 3 unspecified atom stereocenters. The van der Waals surface area contributed by atoms with Crippen molar-refractivity contribution in [3.8, 4) is 6.07 Å². The lowest BCUT2D eigenvalue weighted by molar-refractivity contribution is -0.135. The average Bonchev–Trinajstić information content (AvgIpc) is 2.71. The summed E-state index contributed by atoms with van der Waals surface area (Å²) in [6.07, 6.45) is 5.46. The van der Waals surface area contributed by atoms with E-state index in [1.807, 2.05) is 0 Å². The summed E-state index contributed by atoms with van der Waals surface area (Å²) in [5.74, 6) is 0.0494. The normalized spacial score (nSPS) is 33.2. The Labute approximate surface area is 114 Å². The first-order valence-electron chi connectivity index (χ1n) is 7.22. The lowest BCUT2D eigenvalue weighted by atomic mass is 9.93. The summed E-state index contributed by atoms with van der Waals surface area (Å²) in [6.45, 7) is 1.84. The maximum Gasteiger partial charge on any atom is 0.239 e. The van der Waals surface area contributed by atoms with Crippen molar-refractivity contribution in [1.29, 1.82) is 5.26 Å². The Hall–Kier alpha value is -1.12. The molecule has 5 heteroatoms. The van der Waals surface area contributed by atoms with Gasteiger partial charge < -0.3 is 10.1 Å². The van der Waals surface area contributed by atoms with Gasteiger partial charge in [0.25, 0.3) is 0 Å². The Balaban J connectivity index is 2.15. The molecule has 0 radical (unpaired) electrons. The summed E-state index contributed by atoms with van der Waals surface area (Å²) >= 11 is 0. The number of carbonyl (C=O) groups is 1. The molecular weight excluding hydrogens is 242 g/mol. The van der Waals surface area contributed by atoms with Crippen molar-refractivity contribution < 1.29 is 9.53 Å². The predicted octanol–water partition coefficient (Wildman–Crippen LogP) is 0.906. The van der Waals surface area contributed by atoms with Crippen LogP contribution in [-0.2, 0) is 9.53 Å². The first-order chi connectivity index (χ1) is 9.27. The number of rotatable bonds is 2. The molecule has 2 rings (SSSR count). The number of carbonyl (C=O) groups excluding carboxylic acids is 1. The van der Waals surface area contributed by atoms with Gasteiger partial charge in [-0.05, 0) is 12.8 Å². The van der Waals surface area contributed by atoms with Gasteiger partial charge in [-0.25, -0.2) is 0 Å². The van der Waals surface area contributed by atoms with Crippen LogP contribution in [0, 0.1) is 17.2 Å². The Morgan fingerprint density at radius 3 is 2.89 bits per heavy atom. The van der Waals surface area contributed by atoms with E-state index in [1.165, 1.54) is 6.42 Å². The molecule has 5 nitrogen and oxygen atoms in total. The highest BCUT2D eigenvalue weighted by Gasteiger charge is 2.37. The van der Waals surface area contributed by atoms with E-state index in [0.29, 0.717) is 13.2 Å². The second kappa shape index (κ2) is 6.88. The molecule has 1 saturated heterocycles. The van der Waals surface area contributed by atoms with Crippen LogP contribution in [0.5, 0.6) is 0 Å². The zero-order valence-electron chi connectivity index (χ0n) is 11.6. The molecule has 2 aliphatic rings. The second-order valence-corrected chi connectivity index (χ2v) is 5.38. The summed E-state index contributed by atoms with van der Waals surface area (Å²) < 4.78 is 5.44. The molecule has 0 spiro atoms. The van der Waals surface area contributed by atoms with Crippen molar-refractivity contribution >= 4 is 5.91 Å². The van der Waals surface area contributed by atoms with Crippen molar-refractivity contribution in [2.75, 3.05) is 26.8 Å². The number of nitriles is 1. The lowest BCUT2D eigenvalue weighted by Gasteiger charge is -2.41. The highest BCUT2D eigenvalue weighted by molar-refractivity contribution is 5.81. The standard InChI is InChI=1S/C14H23N3O2/c1-16-14(18)13-10-19-8-7-17(13)12-6-4-2-3-5-11(12)9-15/h11-13H,2-8,10H2,1H3,(H,16,18). The van der Waals surface area contributed by atoms with E-state index in [2.05, 4.69) is 16.3 Å². The molecule has 106 valence electrons. The van der Waals surface area contributed by atoms with Crippen LogP contribution in [0.2, 0.25) is 0 Å². The van der Waals surface area contributed by atoms with Crippen LogP contribution in [-0.4, -0.2) is 49.7 Å². The average molecular weight is 265 g/mol. The monoisotopic (exact) mass is 265 g/mol. The molecule has 0 bridgehead atoms. The van der Waals surface area contributed by atoms with Gasteiger partial charge in [-0.15, -0.1) is 0 Å². The number of hydrogen-bond acceptors (Lipinski definition) is 4. The maximum absolute atomic E-state index is 12.0. The molecule has 2 fully saturated rings. The number of amides is 1. The van der Waals surface area contributed by atoms with Crippen LogP contribution in [0.1, 0.15) is 32.1 Å². The van der Waals surface area contributed by atoms with Gasteiger partial charge in [0.2, 0.25) is 5.91 Å². The fourth-order valence-electron chi connectivity index (χ4n) is 3.24. The number of ether oxygens (including phenoxy) is 1. The molecule has 1 saturated carbocycles. The van der Waals surface area contributed by atoms with Gasteiger partial charge in [0.1, 0.15) is 6.04 Å². The van der Waals surface area contributed by atoms with Crippen LogP contribution < -0.4 is 5.32 Å². The minimum Gasteiger partial charge on any atom is -0.378 e. The van der Waals surface area contributed by atoms with Crippen LogP contribution in [0.15, 0.2) is 0 Å². The van der Waals surface area contributed by atoms with Gasteiger partial charge in [-0.2, -0.15) is 5.26 Å². The molecule has 0 aromatic heterocycles. The minimum atomic E-state index is -0.238. The number of hydrogen-bond donors (Lipinski definition) is 1. The predicted molar refractivity (Wildman–Crippen MR) is 71.4 cm³/mol. The van der Waals surface area contributed by atoms with Crippen molar-refractivity contribution in [2.45, 2.75) is 44.2 Å². The van der Waals surface area contributed by atoms with E-state index in [-0.39, 0.29) is 23.9 Å². The molecule has 1 heterocycles. The van der Waals surface area contributed by atoms with E-state index >= 15 is 0 Å². The third kappa shape index (κ3) is 3.26. The van der Waals surface area contributed by atoms with Crippen LogP contribution in [0.4, 0.5) is 0 Å². The summed E-state index contributed by atoms with van der Waals surface area (Å²) in [4.78, 5) is 14.2. The molecule has 1 aliphatic heterocycles. The Kier molecular flexibility index (Phi) is 5.17. The van der Waals surface area contributed by atoms with Crippen molar-refractivity contribution in [1.82, 2.24) is 10.2 Å². The summed E-state index contributed by atoms with van der Waals surface area (Å²) in [5.41, 5.74) is 0. The van der Waals surface area contributed by atoms with E-state index in [9.17, 15) is 10.1 Å². The molecule has 0 aromatic carbocycles. The zero-order chi connectivity index (χ0) is 13.7. The van der Waals surface area contributed by atoms with E-state index in [0.717, 1.165) is 32.2 Å². The number of nitrogens with one attached hydrogen (secondary N) is 1. The molecule has 1 amide bonds. The van der Waals surface area contributed by atoms with Crippen LogP contribution in [0.3, 0.4) is 0 Å². The lowest BCUT2D eigenvalue weighted by Crippen LogP contribution is -2.58. The van der Waals surface area contributed by atoms with Crippen molar-refractivity contribution in [2.24, 2.45) is 5.92 Å². The number of nitrogens with zero attached hydrogens (tertiary/aromatic N) is 2. The number of likely N-dealkylation sites (N-methyl/N-ethyl adjacent to an activating group) is 1. The Morgan fingerprint density at radius 1 is 1.37 bits per heavy atom. The van der Waals surface area contributed by atoms with Crippen LogP contribution in [0.25, 0.3) is 0 Å². The Bertz CT molecular complexity index is 353. The first-order valence-corrected chi connectivity index (χ1v) is 7.22. The highest BCUT2D eigenvalue weighted by Crippen LogP contribution is 2.29. The topological polar surface area (TPSA) is 65.4 Å². The van der Waals surface area contributed by atoms with Crippen molar-refractivity contribution in [3.63, 3.8) is 0 Å². The van der Waals surface area contributed by atoms with Gasteiger partial charge in [0.05, 0.1) is 25.2 Å². The van der Waals surface area contributed by atoms with E-state index in [1.54, 1.807) is 7.05 Å². The van der Waals surface area contributed by atoms with E-state index < -0.39 is 0 Å². The van der Waals surface area contributed by atoms with Gasteiger partial charge in [-0.3, -0.25) is 9.69 Å². The molecule has 1 N–H and O–H groups in total. The van der Waals surface area contributed by atoms with Gasteiger partial charge >= 0.3 is 0 Å². The minimum absolute atomic E-state index is 0.000590. The summed E-state index contributed by atoms with van der Waals surface area (Å²) in [6, 6.07) is 2.42. The molecule has 3 atom stereocenters. The fourth-order valence-corrected chi connectivity index (χ4v) is 3.24. The molecule has 19 heavy (non-hydrogen) atoms. The molecule has 1 aliphatic carbocycles. The number of morpholine rings is 1. The highest BCUT2D eigenvalue weighted by atomic mass is 16.5. The summed E-state index contributed by atoms with van der Waals surface area (Å²) in [7, 11) is 1.66. The van der Waals surface area contributed by atoms with Gasteiger partial charge in [0, 0.05) is 19.6 Å². The molecule has 0 aromatic rings. The van der Waals surface area contributed by atoms with Gasteiger partial charge in [-0.1, -0.05) is 19.3 Å². The molecular formula is C14H23N3O2. The van der Waals surface area contributed by atoms with Crippen molar-refractivity contribution in [3.05, 3.63) is 0 Å². The largest absolute Gasteiger partial charge is 0.378 e. The SMILES string of the molecule is CNC(=O)C1COCCN1C1CCCCCC1C#N. The fraction of sp³-hybridized carbons (Fsp3) is 0.857. The third-order valence-electron chi connectivity index (χ3n) is 4.29. The zero-order valence-corrected chi connectivity index (χ0v) is 11.6. The maximum atomic E-state index is 12.0. The van der Waals surface area contributed by atoms with Gasteiger partial charge in [0.15, 0.2) is 0 Å². The Morgan fingerprint density at radius 2 is 2.16 bits per heavy atom. The smallest absolute Gasteiger partial charge is 0.239 e. The first kappa shape index (κ1) is 14.3. The van der Waals surface area contributed by atoms with Crippen LogP contribution >= 0.6 is 0 Å². The quantitative estimate of drug-likeness (QED) is 0.754. The third-order valence-corrected chi connectivity index (χ3v) is 4.29. The summed E-state index contributed by atoms with van der Waals surface area (Å²) in [5, 5.41) is 12.1. The van der Waals surface area contributed by atoms with E-state index in [4.69, 9.17) is 4.74 Å².